The molecule has 1 aliphatic heterocycles. The van der Waals surface area contributed by atoms with Gasteiger partial charge in [0.05, 0.1) is 16.6 Å². The summed E-state index contributed by atoms with van der Waals surface area (Å²) in [4.78, 5) is 31.1. The summed E-state index contributed by atoms with van der Waals surface area (Å²) in [5.41, 5.74) is 1.76. The van der Waals surface area contributed by atoms with Crippen molar-refractivity contribution >= 4 is 17.2 Å². The molecular formula is C20H18N2O2S. The molecule has 0 bridgehead atoms. The molecular weight excluding hydrogens is 332 g/mol. The van der Waals surface area contributed by atoms with Crippen LogP contribution in [0.1, 0.15) is 34.8 Å². The number of rotatable bonds is 3. The third kappa shape index (κ3) is 3.03. The number of H-pyrrole nitrogens is 1. The zero-order chi connectivity index (χ0) is 17.2. The Morgan fingerprint density at radius 1 is 1.08 bits per heavy atom. The number of carbonyl (C=O) groups is 1. The Hall–Kier alpha value is -2.66. The highest BCUT2D eigenvalue weighted by Gasteiger charge is 2.31. The van der Waals surface area contributed by atoms with Crippen LogP contribution in [0.2, 0.25) is 0 Å². The average Bonchev–Trinajstić information content (AvgIpc) is 3.33. The number of benzene rings is 1. The highest BCUT2D eigenvalue weighted by atomic mass is 32.1. The Morgan fingerprint density at radius 2 is 1.92 bits per heavy atom. The van der Waals surface area contributed by atoms with Crippen LogP contribution >= 0.6 is 11.3 Å². The van der Waals surface area contributed by atoms with Crippen LogP contribution in [0.25, 0.3) is 10.6 Å². The van der Waals surface area contributed by atoms with E-state index in [1.54, 1.807) is 17.4 Å². The molecule has 1 atom stereocenters. The molecule has 2 aromatic heterocycles. The van der Waals surface area contributed by atoms with Crippen molar-refractivity contribution in [3.63, 3.8) is 0 Å². The van der Waals surface area contributed by atoms with Crippen molar-refractivity contribution in [2.24, 2.45) is 0 Å². The first-order valence-electron chi connectivity index (χ1n) is 8.37. The summed E-state index contributed by atoms with van der Waals surface area (Å²) in [6, 6.07) is 17.4. The molecule has 0 radical (unpaired) electrons. The molecule has 0 spiro atoms. The quantitative estimate of drug-likeness (QED) is 0.774. The van der Waals surface area contributed by atoms with E-state index in [9.17, 15) is 9.59 Å². The molecule has 1 aliphatic rings. The van der Waals surface area contributed by atoms with Crippen LogP contribution in [-0.4, -0.2) is 22.3 Å². The summed E-state index contributed by atoms with van der Waals surface area (Å²) in [6.45, 7) is 0.685. The Morgan fingerprint density at radius 3 is 2.64 bits per heavy atom. The van der Waals surface area contributed by atoms with E-state index in [0.717, 1.165) is 29.0 Å². The lowest BCUT2D eigenvalue weighted by molar-refractivity contribution is 0.0734. The molecule has 4 rings (SSSR count). The predicted octanol–water partition coefficient (Wildman–Crippen LogP) is 4.08. The van der Waals surface area contributed by atoms with Crippen LogP contribution in [0.4, 0.5) is 0 Å². The molecule has 0 saturated carbocycles. The van der Waals surface area contributed by atoms with Gasteiger partial charge >= 0.3 is 0 Å². The molecule has 1 amide bonds. The Bertz CT molecular complexity index is 932. The zero-order valence-electron chi connectivity index (χ0n) is 13.6. The first kappa shape index (κ1) is 15.8. The number of nitrogens with one attached hydrogen (secondary N) is 1. The molecule has 1 aromatic carbocycles. The van der Waals surface area contributed by atoms with Gasteiger partial charge in [0.1, 0.15) is 5.56 Å². The second-order valence-electron chi connectivity index (χ2n) is 6.16. The number of amides is 1. The molecule has 1 N–H and O–H groups in total. The number of likely N-dealkylation sites (tertiary alicyclic amines) is 1. The maximum atomic E-state index is 13.0. The lowest BCUT2D eigenvalue weighted by atomic mass is 10.0. The summed E-state index contributed by atoms with van der Waals surface area (Å²) in [6.07, 6.45) is 1.89. The number of hydrogen-bond donors (Lipinski definition) is 1. The van der Waals surface area contributed by atoms with Crippen molar-refractivity contribution in [1.82, 2.24) is 9.88 Å². The number of carbonyl (C=O) groups excluding carboxylic acids is 1. The normalized spacial score (nSPS) is 17.0. The molecule has 1 unspecified atom stereocenters. The van der Waals surface area contributed by atoms with Gasteiger partial charge in [-0.15, -0.1) is 11.3 Å². The van der Waals surface area contributed by atoms with Gasteiger partial charge in [0.2, 0.25) is 0 Å². The highest BCUT2D eigenvalue weighted by molar-refractivity contribution is 7.13. The second kappa shape index (κ2) is 6.69. The molecule has 0 aliphatic carbocycles. The minimum absolute atomic E-state index is 0.0464. The van der Waals surface area contributed by atoms with Gasteiger partial charge in [0.15, 0.2) is 0 Å². The van der Waals surface area contributed by atoms with Crippen LogP contribution in [-0.2, 0) is 0 Å². The fourth-order valence-corrected chi connectivity index (χ4v) is 4.11. The van der Waals surface area contributed by atoms with Gasteiger partial charge < -0.3 is 9.88 Å². The van der Waals surface area contributed by atoms with Crippen molar-refractivity contribution in [2.45, 2.75) is 18.9 Å². The van der Waals surface area contributed by atoms with Crippen molar-refractivity contribution in [3.05, 3.63) is 81.5 Å². The molecule has 5 heteroatoms. The summed E-state index contributed by atoms with van der Waals surface area (Å²) >= 11 is 1.56. The van der Waals surface area contributed by atoms with Crippen molar-refractivity contribution in [2.75, 3.05) is 6.54 Å². The SMILES string of the molecule is O=C(c1ccc(-c2cccs2)[nH]c1=O)N1CCCC1c1ccccc1. The zero-order valence-corrected chi connectivity index (χ0v) is 14.5. The minimum atomic E-state index is -0.324. The van der Waals surface area contributed by atoms with Gasteiger partial charge in [-0.2, -0.15) is 0 Å². The molecule has 4 nitrogen and oxygen atoms in total. The fourth-order valence-electron chi connectivity index (χ4n) is 3.40. The third-order valence-corrected chi connectivity index (χ3v) is 5.53. The largest absolute Gasteiger partial charge is 0.331 e. The van der Waals surface area contributed by atoms with Crippen LogP contribution in [0.5, 0.6) is 0 Å². The summed E-state index contributed by atoms with van der Waals surface area (Å²) in [5.74, 6) is -0.190. The fraction of sp³-hybridized carbons (Fsp3) is 0.200. The molecule has 3 heterocycles. The Balaban J connectivity index is 1.63. The maximum absolute atomic E-state index is 13.0. The molecule has 1 saturated heterocycles. The smallest absolute Gasteiger partial charge is 0.261 e. The number of aromatic amines is 1. The van der Waals surface area contributed by atoms with E-state index < -0.39 is 0 Å². The van der Waals surface area contributed by atoms with Gasteiger partial charge in [-0.3, -0.25) is 9.59 Å². The average molecular weight is 350 g/mol. The third-order valence-electron chi connectivity index (χ3n) is 4.62. The van der Waals surface area contributed by atoms with Crippen molar-refractivity contribution < 1.29 is 4.79 Å². The number of hydrogen-bond acceptors (Lipinski definition) is 3. The van der Waals surface area contributed by atoms with E-state index in [1.165, 1.54) is 0 Å². The van der Waals surface area contributed by atoms with E-state index in [2.05, 4.69) is 4.98 Å². The van der Waals surface area contributed by atoms with Crippen LogP contribution in [0, 0.1) is 0 Å². The van der Waals surface area contributed by atoms with E-state index >= 15 is 0 Å². The van der Waals surface area contributed by atoms with Crippen LogP contribution in [0.3, 0.4) is 0 Å². The topological polar surface area (TPSA) is 53.2 Å². The van der Waals surface area contributed by atoms with E-state index in [-0.39, 0.29) is 23.1 Å². The van der Waals surface area contributed by atoms with Crippen LogP contribution < -0.4 is 5.56 Å². The number of pyridine rings is 1. The predicted molar refractivity (Wildman–Crippen MR) is 99.8 cm³/mol. The van der Waals surface area contributed by atoms with Gasteiger partial charge in [0, 0.05) is 6.54 Å². The van der Waals surface area contributed by atoms with Gasteiger partial charge in [-0.1, -0.05) is 36.4 Å². The Labute approximate surface area is 149 Å². The minimum Gasteiger partial charge on any atom is -0.331 e. The Kier molecular flexibility index (Phi) is 4.24. The van der Waals surface area contributed by atoms with Gasteiger partial charge in [0.25, 0.3) is 11.5 Å². The molecule has 3 aromatic rings. The van der Waals surface area contributed by atoms with Crippen LogP contribution in [0.15, 0.2) is 64.8 Å². The lowest BCUT2D eigenvalue weighted by Gasteiger charge is -2.25. The number of aromatic nitrogens is 1. The number of nitrogens with zero attached hydrogens (tertiary/aromatic N) is 1. The first-order chi connectivity index (χ1) is 12.2. The molecule has 1 fully saturated rings. The lowest BCUT2D eigenvalue weighted by Crippen LogP contribution is -2.34. The van der Waals surface area contributed by atoms with Gasteiger partial charge in [-0.25, -0.2) is 0 Å². The van der Waals surface area contributed by atoms with Gasteiger partial charge in [-0.05, 0) is 42.0 Å². The number of thiophene rings is 1. The summed E-state index contributed by atoms with van der Waals surface area (Å²) in [7, 11) is 0. The highest BCUT2D eigenvalue weighted by Crippen LogP contribution is 2.32. The van der Waals surface area contributed by atoms with E-state index in [1.807, 2.05) is 58.8 Å². The second-order valence-corrected chi connectivity index (χ2v) is 7.11. The van der Waals surface area contributed by atoms with E-state index in [4.69, 9.17) is 0 Å². The van der Waals surface area contributed by atoms with Crippen molar-refractivity contribution in [3.8, 4) is 10.6 Å². The first-order valence-corrected chi connectivity index (χ1v) is 9.25. The maximum Gasteiger partial charge on any atom is 0.261 e. The van der Waals surface area contributed by atoms with E-state index in [0.29, 0.717) is 6.54 Å². The summed E-state index contributed by atoms with van der Waals surface area (Å²) < 4.78 is 0. The van der Waals surface area contributed by atoms with Crippen molar-refractivity contribution in [1.29, 1.82) is 0 Å². The standard InChI is InChI=1S/C20H18N2O2S/c23-19-15(10-11-16(21-19)18-9-5-13-25-18)20(24)22-12-4-8-17(22)14-6-2-1-3-7-14/h1-3,5-7,9-11,13,17H,4,8,12H2,(H,21,23). The monoisotopic (exact) mass is 350 g/mol. The summed E-state index contributed by atoms with van der Waals surface area (Å²) in [5, 5.41) is 1.96. The molecule has 126 valence electrons. The molecule has 25 heavy (non-hydrogen) atoms.